The third kappa shape index (κ3) is 4.94. The molecule has 2 aromatic carbocycles. The van der Waals surface area contributed by atoms with E-state index >= 15 is 0 Å². The van der Waals surface area contributed by atoms with Gasteiger partial charge in [0.2, 0.25) is 0 Å². The van der Waals surface area contributed by atoms with Crippen LogP contribution >= 0.6 is 23.2 Å². The molecule has 0 fully saturated rings. The molecule has 126 valence electrons. The minimum atomic E-state index is -0.643. The van der Waals surface area contributed by atoms with E-state index in [1.807, 2.05) is 0 Å². The Labute approximate surface area is 148 Å². The first-order chi connectivity index (χ1) is 11.4. The van der Waals surface area contributed by atoms with E-state index in [4.69, 9.17) is 27.9 Å². The van der Waals surface area contributed by atoms with E-state index < -0.39 is 24.3 Å². The van der Waals surface area contributed by atoms with Crippen LogP contribution in [0.5, 0.6) is 0 Å². The number of rotatable bonds is 5. The zero-order valence-electron chi connectivity index (χ0n) is 12.7. The summed E-state index contributed by atoms with van der Waals surface area (Å²) in [5.74, 6) is -1.65. The van der Waals surface area contributed by atoms with Gasteiger partial charge >= 0.3 is 5.97 Å². The SMILES string of the molecule is Cc1ccc(NC(=O)COC(=O)Cc2c(Cl)cccc2Cl)cc1F. The summed E-state index contributed by atoms with van der Waals surface area (Å²) in [7, 11) is 0. The Morgan fingerprint density at radius 1 is 1.17 bits per heavy atom. The molecule has 0 spiro atoms. The van der Waals surface area contributed by atoms with Gasteiger partial charge in [0.1, 0.15) is 5.82 Å². The molecule has 0 aliphatic carbocycles. The number of hydrogen-bond acceptors (Lipinski definition) is 3. The molecule has 2 aromatic rings. The number of benzene rings is 2. The van der Waals surface area contributed by atoms with Crippen LogP contribution in [0.15, 0.2) is 36.4 Å². The van der Waals surface area contributed by atoms with Crippen LogP contribution < -0.4 is 5.32 Å². The number of carbonyl (C=O) groups excluding carboxylic acids is 2. The smallest absolute Gasteiger partial charge is 0.310 e. The van der Waals surface area contributed by atoms with E-state index in [9.17, 15) is 14.0 Å². The summed E-state index contributed by atoms with van der Waals surface area (Å²) in [4.78, 5) is 23.5. The fourth-order valence-corrected chi connectivity index (χ4v) is 2.44. The minimum Gasteiger partial charge on any atom is -0.455 e. The number of esters is 1. The maximum absolute atomic E-state index is 13.4. The van der Waals surface area contributed by atoms with Gasteiger partial charge in [0.15, 0.2) is 6.61 Å². The molecule has 0 saturated carbocycles. The van der Waals surface area contributed by atoms with Crippen molar-refractivity contribution in [2.45, 2.75) is 13.3 Å². The molecule has 7 heteroatoms. The van der Waals surface area contributed by atoms with Gasteiger partial charge in [-0.25, -0.2) is 4.39 Å². The van der Waals surface area contributed by atoms with E-state index in [1.165, 1.54) is 12.1 Å². The van der Waals surface area contributed by atoms with Crippen LogP contribution in [-0.4, -0.2) is 18.5 Å². The Morgan fingerprint density at radius 2 is 1.83 bits per heavy atom. The molecule has 2 rings (SSSR count). The zero-order valence-corrected chi connectivity index (χ0v) is 14.2. The maximum atomic E-state index is 13.4. The van der Waals surface area contributed by atoms with E-state index in [2.05, 4.69) is 5.32 Å². The Morgan fingerprint density at radius 3 is 2.46 bits per heavy atom. The highest BCUT2D eigenvalue weighted by Gasteiger charge is 2.13. The van der Waals surface area contributed by atoms with Gasteiger partial charge < -0.3 is 10.1 Å². The normalized spacial score (nSPS) is 10.3. The molecule has 24 heavy (non-hydrogen) atoms. The van der Waals surface area contributed by atoms with Crippen LogP contribution in [0.2, 0.25) is 10.0 Å². The molecule has 0 heterocycles. The van der Waals surface area contributed by atoms with E-state index in [-0.39, 0.29) is 12.1 Å². The van der Waals surface area contributed by atoms with Crippen molar-refractivity contribution in [1.82, 2.24) is 0 Å². The van der Waals surface area contributed by atoms with Gasteiger partial charge in [-0.3, -0.25) is 9.59 Å². The fourth-order valence-electron chi connectivity index (χ4n) is 1.91. The number of ether oxygens (including phenoxy) is 1. The molecule has 0 atom stereocenters. The average molecular weight is 370 g/mol. The van der Waals surface area contributed by atoms with E-state index in [1.54, 1.807) is 31.2 Å². The lowest BCUT2D eigenvalue weighted by Gasteiger charge is -2.09. The first kappa shape index (κ1) is 18.2. The van der Waals surface area contributed by atoms with Crippen molar-refractivity contribution >= 4 is 40.8 Å². The third-order valence-electron chi connectivity index (χ3n) is 3.20. The van der Waals surface area contributed by atoms with Gasteiger partial charge in [0.05, 0.1) is 6.42 Å². The number of anilines is 1. The van der Waals surface area contributed by atoms with Gasteiger partial charge in [-0.05, 0) is 36.8 Å². The maximum Gasteiger partial charge on any atom is 0.310 e. The van der Waals surface area contributed by atoms with Crippen LogP contribution in [0, 0.1) is 12.7 Å². The summed E-state index contributed by atoms with van der Waals surface area (Å²) in [5, 5.41) is 3.14. The van der Waals surface area contributed by atoms with Crippen LogP contribution in [0.1, 0.15) is 11.1 Å². The molecule has 0 aliphatic rings. The summed E-state index contributed by atoms with van der Waals surface area (Å²) in [6.07, 6.45) is -0.148. The lowest BCUT2D eigenvalue weighted by molar-refractivity contribution is -0.146. The predicted octanol–water partition coefficient (Wildman–Crippen LogP) is 4.17. The van der Waals surface area contributed by atoms with Crippen molar-refractivity contribution in [3.05, 3.63) is 63.4 Å². The van der Waals surface area contributed by atoms with Gasteiger partial charge in [-0.2, -0.15) is 0 Å². The van der Waals surface area contributed by atoms with Crippen LogP contribution in [0.3, 0.4) is 0 Å². The Bertz CT molecular complexity index is 760. The Balaban J connectivity index is 1.87. The van der Waals surface area contributed by atoms with E-state index in [0.717, 1.165) is 0 Å². The third-order valence-corrected chi connectivity index (χ3v) is 3.91. The Kier molecular flexibility index (Phi) is 6.17. The molecule has 4 nitrogen and oxygen atoms in total. The summed E-state index contributed by atoms with van der Waals surface area (Å²) in [6.45, 7) is 1.12. The second kappa shape index (κ2) is 8.13. The van der Waals surface area contributed by atoms with Gasteiger partial charge in [0, 0.05) is 21.3 Å². The fraction of sp³-hybridized carbons (Fsp3) is 0.176. The first-order valence-corrected chi connectivity index (χ1v) is 7.77. The summed E-state index contributed by atoms with van der Waals surface area (Å²) in [5.41, 5.74) is 1.19. The standard InChI is InChI=1S/C17H14Cl2FNO3/c1-10-5-6-11(7-15(10)20)21-16(22)9-24-17(23)8-12-13(18)3-2-4-14(12)19/h2-7H,8-9H2,1H3,(H,21,22). The number of carbonyl (C=O) groups is 2. The highest BCUT2D eigenvalue weighted by molar-refractivity contribution is 6.36. The highest BCUT2D eigenvalue weighted by atomic mass is 35.5. The number of halogens is 3. The quantitative estimate of drug-likeness (QED) is 0.804. The monoisotopic (exact) mass is 369 g/mol. The van der Waals surface area contributed by atoms with Crippen molar-refractivity contribution < 1.29 is 18.7 Å². The average Bonchev–Trinajstić information content (AvgIpc) is 2.53. The second-order valence-corrected chi connectivity index (χ2v) is 5.86. The molecule has 0 saturated heterocycles. The van der Waals surface area contributed by atoms with Crippen molar-refractivity contribution in [2.75, 3.05) is 11.9 Å². The molecular formula is C17H14Cl2FNO3. The molecule has 0 bridgehead atoms. The molecule has 1 N–H and O–H groups in total. The number of nitrogens with one attached hydrogen (secondary N) is 1. The topological polar surface area (TPSA) is 55.4 Å². The lowest BCUT2D eigenvalue weighted by Crippen LogP contribution is -2.21. The van der Waals surface area contributed by atoms with Crippen molar-refractivity contribution in [1.29, 1.82) is 0 Å². The van der Waals surface area contributed by atoms with Gasteiger partial charge in [0.25, 0.3) is 5.91 Å². The number of hydrogen-bond donors (Lipinski definition) is 1. The lowest BCUT2D eigenvalue weighted by atomic mass is 10.1. The molecule has 0 aromatic heterocycles. The van der Waals surface area contributed by atoms with Crippen molar-refractivity contribution in [3.63, 3.8) is 0 Å². The predicted molar refractivity (Wildman–Crippen MR) is 90.9 cm³/mol. The Hall–Kier alpha value is -2.11. The second-order valence-electron chi connectivity index (χ2n) is 5.05. The largest absolute Gasteiger partial charge is 0.455 e. The number of amides is 1. The van der Waals surface area contributed by atoms with Gasteiger partial charge in [-0.1, -0.05) is 35.3 Å². The summed E-state index contributed by atoms with van der Waals surface area (Å²) < 4.78 is 18.3. The zero-order chi connectivity index (χ0) is 17.7. The van der Waals surface area contributed by atoms with Gasteiger partial charge in [-0.15, -0.1) is 0 Å². The molecular weight excluding hydrogens is 356 g/mol. The first-order valence-electron chi connectivity index (χ1n) is 7.01. The van der Waals surface area contributed by atoms with Crippen LogP contribution in [0.25, 0.3) is 0 Å². The van der Waals surface area contributed by atoms with Crippen molar-refractivity contribution in [2.24, 2.45) is 0 Å². The highest BCUT2D eigenvalue weighted by Crippen LogP contribution is 2.24. The van der Waals surface area contributed by atoms with Crippen LogP contribution in [-0.2, 0) is 20.7 Å². The van der Waals surface area contributed by atoms with E-state index in [0.29, 0.717) is 21.2 Å². The molecule has 0 unspecified atom stereocenters. The summed E-state index contributed by atoms with van der Waals surface area (Å²) >= 11 is 11.9. The minimum absolute atomic E-state index is 0.148. The molecule has 0 aliphatic heterocycles. The molecule has 0 radical (unpaired) electrons. The van der Waals surface area contributed by atoms with Crippen LogP contribution in [0.4, 0.5) is 10.1 Å². The van der Waals surface area contributed by atoms with Crippen molar-refractivity contribution in [3.8, 4) is 0 Å². The summed E-state index contributed by atoms with van der Waals surface area (Å²) in [6, 6.07) is 9.16. The number of aryl methyl sites for hydroxylation is 1. The molecule has 1 amide bonds.